The SMILES string of the molecule is OCC1(c2ncc(-c3ccc(F)cc3F)[nH]2)CCC1. The Kier molecular flexibility index (Phi) is 2.86. The fraction of sp³-hybridized carbons (Fsp3) is 0.357. The topological polar surface area (TPSA) is 48.9 Å². The maximum Gasteiger partial charge on any atom is 0.135 e. The Balaban J connectivity index is 1.97. The summed E-state index contributed by atoms with van der Waals surface area (Å²) in [6.07, 6.45) is 4.34. The molecular formula is C14H14F2N2O. The Labute approximate surface area is 109 Å². The summed E-state index contributed by atoms with van der Waals surface area (Å²) in [5, 5.41) is 9.48. The highest BCUT2D eigenvalue weighted by Gasteiger charge is 2.40. The maximum absolute atomic E-state index is 13.7. The predicted octanol–water partition coefficient (Wildman–Crippen LogP) is 2.77. The fourth-order valence-corrected chi connectivity index (χ4v) is 2.51. The molecule has 0 unspecified atom stereocenters. The van der Waals surface area contributed by atoms with E-state index in [1.807, 2.05) is 0 Å². The second-order valence-electron chi connectivity index (χ2n) is 5.06. The molecular weight excluding hydrogens is 250 g/mol. The molecule has 5 heteroatoms. The van der Waals surface area contributed by atoms with Crippen LogP contribution in [0.5, 0.6) is 0 Å². The van der Waals surface area contributed by atoms with Gasteiger partial charge in [-0.3, -0.25) is 0 Å². The van der Waals surface area contributed by atoms with Gasteiger partial charge in [-0.25, -0.2) is 13.8 Å². The summed E-state index contributed by atoms with van der Waals surface area (Å²) in [5.74, 6) is -0.548. The molecule has 1 aromatic carbocycles. The van der Waals surface area contributed by atoms with Crippen molar-refractivity contribution in [1.29, 1.82) is 0 Å². The Morgan fingerprint density at radius 1 is 1.32 bits per heavy atom. The van der Waals surface area contributed by atoms with Crippen LogP contribution < -0.4 is 0 Å². The smallest absolute Gasteiger partial charge is 0.135 e. The van der Waals surface area contributed by atoms with E-state index in [0.29, 0.717) is 11.5 Å². The van der Waals surface area contributed by atoms with E-state index in [0.717, 1.165) is 25.3 Å². The van der Waals surface area contributed by atoms with Crippen LogP contribution >= 0.6 is 0 Å². The van der Waals surface area contributed by atoms with E-state index in [1.54, 1.807) is 0 Å². The van der Waals surface area contributed by atoms with E-state index >= 15 is 0 Å². The van der Waals surface area contributed by atoms with Gasteiger partial charge in [0, 0.05) is 11.6 Å². The molecule has 1 aromatic heterocycles. The lowest BCUT2D eigenvalue weighted by Gasteiger charge is -2.38. The number of rotatable bonds is 3. The van der Waals surface area contributed by atoms with Gasteiger partial charge in [0.25, 0.3) is 0 Å². The highest BCUT2D eigenvalue weighted by atomic mass is 19.1. The van der Waals surface area contributed by atoms with Crippen molar-refractivity contribution in [1.82, 2.24) is 9.97 Å². The van der Waals surface area contributed by atoms with Crippen molar-refractivity contribution in [3.8, 4) is 11.3 Å². The number of nitrogens with zero attached hydrogens (tertiary/aromatic N) is 1. The summed E-state index contributed by atoms with van der Waals surface area (Å²) in [7, 11) is 0. The van der Waals surface area contributed by atoms with Gasteiger partial charge in [0.1, 0.15) is 17.5 Å². The molecule has 1 fully saturated rings. The van der Waals surface area contributed by atoms with E-state index in [1.165, 1.54) is 18.3 Å². The molecule has 1 aliphatic carbocycles. The molecule has 0 bridgehead atoms. The van der Waals surface area contributed by atoms with Crippen molar-refractivity contribution in [2.45, 2.75) is 24.7 Å². The third-order valence-corrected chi connectivity index (χ3v) is 3.91. The van der Waals surface area contributed by atoms with Crippen LogP contribution in [0.2, 0.25) is 0 Å². The predicted molar refractivity (Wildman–Crippen MR) is 66.6 cm³/mol. The summed E-state index contributed by atoms with van der Waals surface area (Å²) in [6, 6.07) is 3.44. The number of H-pyrrole nitrogens is 1. The number of hydrogen-bond acceptors (Lipinski definition) is 2. The van der Waals surface area contributed by atoms with E-state index in [-0.39, 0.29) is 17.6 Å². The van der Waals surface area contributed by atoms with Crippen LogP contribution in [0.25, 0.3) is 11.3 Å². The lowest BCUT2D eigenvalue weighted by Crippen LogP contribution is -2.39. The molecule has 0 aliphatic heterocycles. The van der Waals surface area contributed by atoms with Crippen molar-refractivity contribution in [2.24, 2.45) is 0 Å². The van der Waals surface area contributed by atoms with Gasteiger partial charge in [0.05, 0.1) is 23.9 Å². The first-order valence-corrected chi connectivity index (χ1v) is 6.26. The standard InChI is InChI=1S/C14H14F2N2O/c15-9-2-3-10(11(16)6-9)12-7-17-13(18-12)14(8-19)4-1-5-14/h2-3,6-7,19H,1,4-5,8H2,(H,17,18). The normalized spacial score (nSPS) is 17.2. The zero-order chi connectivity index (χ0) is 13.5. The van der Waals surface area contributed by atoms with Gasteiger partial charge in [0.2, 0.25) is 0 Å². The average molecular weight is 264 g/mol. The van der Waals surface area contributed by atoms with Gasteiger partial charge >= 0.3 is 0 Å². The van der Waals surface area contributed by atoms with Gasteiger partial charge in [-0.15, -0.1) is 0 Å². The molecule has 2 aromatic rings. The Hall–Kier alpha value is -1.75. The van der Waals surface area contributed by atoms with Crippen molar-refractivity contribution < 1.29 is 13.9 Å². The Morgan fingerprint density at radius 2 is 2.11 bits per heavy atom. The molecule has 0 atom stereocenters. The van der Waals surface area contributed by atoms with E-state index in [9.17, 15) is 13.9 Å². The number of hydrogen-bond donors (Lipinski definition) is 2. The summed E-state index contributed by atoms with van der Waals surface area (Å²) in [6.45, 7) is 0.0336. The number of aromatic amines is 1. The zero-order valence-corrected chi connectivity index (χ0v) is 10.3. The fourth-order valence-electron chi connectivity index (χ4n) is 2.51. The molecule has 3 rings (SSSR count). The van der Waals surface area contributed by atoms with Crippen LogP contribution in [-0.2, 0) is 5.41 Å². The molecule has 0 spiro atoms. The third-order valence-electron chi connectivity index (χ3n) is 3.91. The first-order chi connectivity index (χ1) is 9.14. The molecule has 1 aliphatic rings. The second kappa shape index (κ2) is 4.42. The van der Waals surface area contributed by atoms with Gasteiger partial charge in [-0.2, -0.15) is 0 Å². The number of aliphatic hydroxyl groups is 1. The van der Waals surface area contributed by atoms with Crippen molar-refractivity contribution in [2.75, 3.05) is 6.61 Å². The minimum Gasteiger partial charge on any atom is -0.395 e. The number of aromatic nitrogens is 2. The number of imidazole rings is 1. The van der Waals surface area contributed by atoms with Crippen LogP contribution in [0.15, 0.2) is 24.4 Å². The summed E-state index contributed by atoms with van der Waals surface area (Å²) < 4.78 is 26.6. The van der Waals surface area contributed by atoms with Crippen LogP contribution in [0.1, 0.15) is 25.1 Å². The Morgan fingerprint density at radius 3 is 2.68 bits per heavy atom. The minimum atomic E-state index is -0.623. The summed E-state index contributed by atoms with van der Waals surface area (Å²) in [4.78, 5) is 7.30. The second-order valence-corrected chi connectivity index (χ2v) is 5.06. The number of halogens is 2. The lowest BCUT2D eigenvalue weighted by atomic mass is 9.69. The van der Waals surface area contributed by atoms with Gasteiger partial charge in [-0.05, 0) is 25.0 Å². The molecule has 2 N–H and O–H groups in total. The third kappa shape index (κ3) is 1.94. The molecule has 0 saturated heterocycles. The minimum absolute atomic E-state index is 0.0336. The van der Waals surface area contributed by atoms with Crippen molar-refractivity contribution in [3.05, 3.63) is 41.9 Å². The molecule has 1 heterocycles. The van der Waals surface area contributed by atoms with Crippen molar-refractivity contribution in [3.63, 3.8) is 0 Å². The first kappa shape index (κ1) is 12.3. The molecule has 100 valence electrons. The first-order valence-electron chi connectivity index (χ1n) is 6.26. The van der Waals surface area contributed by atoms with Gasteiger partial charge in [-0.1, -0.05) is 6.42 Å². The van der Waals surface area contributed by atoms with Crippen LogP contribution in [-0.4, -0.2) is 21.7 Å². The van der Waals surface area contributed by atoms with E-state index < -0.39 is 11.6 Å². The highest BCUT2D eigenvalue weighted by Crippen LogP contribution is 2.42. The molecule has 0 radical (unpaired) electrons. The Bertz CT molecular complexity index is 600. The lowest BCUT2D eigenvalue weighted by molar-refractivity contribution is 0.113. The quantitative estimate of drug-likeness (QED) is 0.895. The molecule has 0 amide bonds. The summed E-state index contributed by atoms with van der Waals surface area (Å²) in [5.41, 5.74) is 0.481. The number of aliphatic hydroxyl groups excluding tert-OH is 1. The van der Waals surface area contributed by atoms with Gasteiger partial charge < -0.3 is 10.1 Å². The van der Waals surface area contributed by atoms with Crippen LogP contribution in [0.4, 0.5) is 8.78 Å². The van der Waals surface area contributed by atoms with E-state index in [2.05, 4.69) is 9.97 Å². The van der Waals surface area contributed by atoms with Crippen LogP contribution in [0.3, 0.4) is 0 Å². The summed E-state index contributed by atoms with van der Waals surface area (Å²) >= 11 is 0. The van der Waals surface area contributed by atoms with Crippen molar-refractivity contribution >= 4 is 0 Å². The number of benzene rings is 1. The maximum atomic E-state index is 13.7. The van der Waals surface area contributed by atoms with E-state index in [4.69, 9.17) is 0 Å². The number of nitrogens with one attached hydrogen (secondary N) is 1. The average Bonchev–Trinajstić information content (AvgIpc) is 2.78. The largest absolute Gasteiger partial charge is 0.395 e. The van der Waals surface area contributed by atoms with Crippen LogP contribution in [0, 0.1) is 11.6 Å². The monoisotopic (exact) mass is 264 g/mol. The van der Waals surface area contributed by atoms with Gasteiger partial charge in [0.15, 0.2) is 0 Å². The zero-order valence-electron chi connectivity index (χ0n) is 10.3. The molecule has 3 nitrogen and oxygen atoms in total. The highest BCUT2D eigenvalue weighted by molar-refractivity contribution is 5.59. The molecule has 19 heavy (non-hydrogen) atoms. The molecule has 1 saturated carbocycles.